The molecule has 2 unspecified atom stereocenters. The van der Waals surface area contributed by atoms with Crippen LogP contribution in [-0.4, -0.2) is 33.9 Å². The third-order valence-corrected chi connectivity index (χ3v) is 7.70. The zero-order valence-electron chi connectivity index (χ0n) is 18.9. The maximum Gasteiger partial charge on any atom is 0.346 e. The first-order valence-corrected chi connectivity index (χ1v) is 12.7. The number of unbranched alkanes of at least 4 members (excludes halogenated alkanes) is 2. The molecule has 1 fully saturated rings. The molecule has 1 aliphatic carbocycles. The van der Waals surface area contributed by atoms with Gasteiger partial charge in [0, 0.05) is 34.7 Å². The fraction of sp³-hybridized carbons (Fsp3) is 0.370. The summed E-state index contributed by atoms with van der Waals surface area (Å²) in [6, 6.07) is 16.8. The van der Waals surface area contributed by atoms with Crippen LogP contribution in [0.5, 0.6) is 0 Å². The van der Waals surface area contributed by atoms with Gasteiger partial charge in [0.1, 0.15) is 11.6 Å². The lowest BCUT2D eigenvalue weighted by atomic mass is 9.95. The van der Waals surface area contributed by atoms with E-state index in [-0.39, 0.29) is 12.0 Å². The second-order valence-corrected chi connectivity index (χ2v) is 9.98. The normalized spacial score (nSPS) is 18.9. The summed E-state index contributed by atoms with van der Waals surface area (Å²) in [6.07, 6.45) is 7.77. The predicted molar refractivity (Wildman–Crippen MR) is 133 cm³/mol. The first kappa shape index (κ1) is 23.9. The summed E-state index contributed by atoms with van der Waals surface area (Å²) in [5, 5.41) is 27.0. The Bertz CT molecular complexity index is 1140. The number of nitriles is 1. The number of hydrogen-bond donors (Lipinski definition) is 2. The Morgan fingerprint density at radius 1 is 1.09 bits per heavy atom. The Morgan fingerprint density at radius 2 is 1.88 bits per heavy atom. The van der Waals surface area contributed by atoms with E-state index < -0.39 is 11.9 Å². The van der Waals surface area contributed by atoms with Crippen molar-refractivity contribution in [2.45, 2.75) is 61.8 Å². The van der Waals surface area contributed by atoms with Crippen LogP contribution in [0.4, 0.5) is 11.4 Å². The molecule has 0 amide bonds. The van der Waals surface area contributed by atoms with Gasteiger partial charge in [-0.25, -0.2) is 4.79 Å². The Kier molecular flexibility index (Phi) is 7.59. The lowest BCUT2D eigenvalue weighted by Gasteiger charge is -2.27. The number of thioether (sulfide) groups is 1. The van der Waals surface area contributed by atoms with Crippen molar-refractivity contribution in [1.82, 2.24) is 0 Å². The van der Waals surface area contributed by atoms with Gasteiger partial charge in [0.15, 0.2) is 0 Å². The molecule has 4 rings (SSSR count). The van der Waals surface area contributed by atoms with Crippen molar-refractivity contribution in [2.24, 2.45) is 0 Å². The molecule has 1 heterocycles. The van der Waals surface area contributed by atoms with Crippen LogP contribution in [0.2, 0.25) is 0 Å². The van der Waals surface area contributed by atoms with Gasteiger partial charge in [-0.1, -0.05) is 18.9 Å². The van der Waals surface area contributed by atoms with E-state index in [0.29, 0.717) is 12.0 Å². The van der Waals surface area contributed by atoms with Gasteiger partial charge in [0.25, 0.3) is 0 Å². The van der Waals surface area contributed by atoms with Gasteiger partial charge in [-0.05, 0) is 85.0 Å². The van der Waals surface area contributed by atoms with E-state index in [0.717, 1.165) is 49.1 Å². The van der Waals surface area contributed by atoms with E-state index in [1.54, 1.807) is 17.8 Å². The van der Waals surface area contributed by atoms with Gasteiger partial charge in [-0.2, -0.15) is 5.26 Å². The van der Waals surface area contributed by atoms with Crippen LogP contribution in [0.25, 0.3) is 6.08 Å². The predicted octanol–water partition coefficient (Wildman–Crippen LogP) is 6.20. The van der Waals surface area contributed by atoms with E-state index in [1.165, 1.54) is 28.6 Å². The van der Waals surface area contributed by atoms with Gasteiger partial charge in [0.05, 0.1) is 0 Å². The lowest BCUT2D eigenvalue weighted by Crippen LogP contribution is -2.26. The minimum absolute atomic E-state index is 0.246. The fourth-order valence-corrected chi connectivity index (χ4v) is 5.97. The first-order valence-electron chi connectivity index (χ1n) is 11.7. The SMILES string of the molecule is N#C/C(=C\c1ccc2c(c1)C1CCCC1N2c1ccc(SCCCCCC(=O)O)cc1)C(=O)O. The van der Waals surface area contributed by atoms with Crippen LogP contribution >= 0.6 is 11.8 Å². The molecule has 2 aliphatic rings. The molecule has 34 heavy (non-hydrogen) atoms. The maximum absolute atomic E-state index is 11.2. The number of hydrogen-bond acceptors (Lipinski definition) is 5. The van der Waals surface area contributed by atoms with Crippen LogP contribution in [0.1, 0.15) is 62.0 Å². The summed E-state index contributed by atoms with van der Waals surface area (Å²) >= 11 is 1.80. The monoisotopic (exact) mass is 476 g/mol. The molecule has 176 valence electrons. The molecule has 0 spiro atoms. The van der Waals surface area contributed by atoms with Crippen LogP contribution in [0, 0.1) is 11.3 Å². The fourth-order valence-electron chi connectivity index (χ4n) is 5.06. The van der Waals surface area contributed by atoms with Crippen LogP contribution in [0.3, 0.4) is 0 Å². The third kappa shape index (κ3) is 5.28. The molecule has 2 N–H and O–H groups in total. The zero-order valence-corrected chi connectivity index (χ0v) is 19.8. The van der Waals surface area contributed by atoms with Crippen molar-refractivity contribution in [3.05, 3.63) is 59.2 Å². The smallest absolute Gasteiger partial charge is 0.346 e. The summed E-state index contributed by atoms with van der Waals surface area (Å²) in [4.78, 5) is 25.5. The summed E-state index contributed by atoms with van der Waals surface area (Å²) in [6.45, 7) is 0. The number of fused-ring (bicyclic) bond motifs is 3. The molecule has 1 saturated carbocycles. The first-order chi connectivity index (χ1) is 16.5. The molecule has 0 bridgehead atoms. The molecule has 6 nitrogen and oxygen atoms in total. The number of rotatable bonds is 10. The number of carbonyl (C=O) groups is 2. The number of benzene rings is 2. The van der Waals surface area contributed by atoms with E-state index >= 15 is 0 Å². The molecule has 2 aromatic rings. The number of carboxylic acid groups (broad SMARTS) is 2. The average molecular weight is 477 g/mol. The highest BCUT2D eigenvalue weighted by Crippen LogP contribution is 2.52. The van der Waals surface area contributed by atoms with E-state index in [9.17, 15) is 14.7 Å². The summed E-state index contributed by atoms with van der Waals surface area (Å²) < 4.78 is 0. The Hall–Kier alpha value is -3.24. The summed E-state index contributed by atoms with van der Waals surface area (Å²) in [7, 11) is 0. The molecule has 7 heteroatoms. The average Bonchev–Trinajstić information content (AvgIpc) is 3.41. The minimum Gasteiger partial charge on any atom is -0.481 e. The maximum atomic E-state index is 11.2. The second-order valence-electron chi connectivity index (χ2n) is 8.81. The van der Waals surface area contributed by atoms with Gasteiger partial charge in [-0.15, -0.1) is 11.8 Å². The topological polar surface area (TPSA) is 102 Å². The molecule has 2 aromatic carbocycles. The number of nitrogens with zero attached hydrogens (tertiary/aromatic N) is 2. The molecular weight excluding hydrogens is 448 g/mol. The van der Waals surface area contributed by atoms with Crippen LogP contribution in [-0.2, 0) is 9.59 Å². The number of anilines is 2. The zero-order chi connectivity index (χ0) is 24.1. The van der Waals surface area contributed by atoms with Gasteiger partial charge in [-0.3, -0.25) is 4.79 Å². The van der Waals surface area contributed by atoms with Gasteiger partial charge < -0.3 is 15.1 Å². The third-order valence-electron chi connectivity index (χ3n) is 6.60. The van der Waals surface area contributed by atoms with Crippen molar-refractivity contribution in [2.75, 3.05) is 10.7 Å². The lowest BCUT2D eigenvalue weighted by molar-refractivity contribution is -0.137. The number of carboxylic acids is 2. The molecule has 2 atom stereocenters. The molecular formula is C27H28N2O4S. The van der Waals surface area contributed by atoms with Crippen molar-refractivity contribution < 1.29 is 19.8 Å². The highest BCUT2D eigenvalue weighted by atomic mass is 32.2. The summed E-state index contributed by atoms with van der Waals surface area (Å²) in [5.41, 5.74) is 4.05. The van der Waals surface area contributed by atoms with E-state index in [4.69, 9.17) is 10.4 Å². The van der Waals surface area contributed by atoms with Crippen LogP contribution < -0.4 is 4.90 Å². The standard InChI is InChI=1S/C27H28N2O4S/c28-17-19(27(32)33)15-18-8-13-25-23(16-18)22-5-4-6-24(22)29(25)20-9-11-21(12-10-20)34-14-3-1-2-7-26(30)31/h8-13,15-16,22,24H,1-7,14H2,(H,30,31)(H,32,33)/b19-15+. The molecule has 0 aromatic heterocycles. The molecule has 1 aliphatic heterocycles. The van der Waals surface area contributed by atoms with E-state index in [1.807, 2.05) is 12.1 Å². The second kappa shape index (κ2) is 10.8. The Balaban J connectivity index is 1.47. The van der Waals surface area contributed by atoms with Crippen molar-refractivity contribution in [3.8, 4) is 6.07 Å². The Morgan fingerprint density at radius 3 is 2.59 bits per heavy atom. The van der Waals surface area contributed by atoms with Crippen molar-refractivity contribution in [3.63, 3.8) is 0 Å². The van der Waals surface area contributed by atoms with Gasteiger partial charge in [0.2, 0.25) is 0 Å². The van der Waals surface area contributed by atoms with Gasteiger partial charge >= 0.3 is 11.9 Å². The molecule has 0 radical (unpaired) electrons. The largest absolute Gasteiger partial charge is 0.481 e. The van der Waals surface area contributed by atoms with E-state index in [2.05, 4.69) is 35.2 Å². The number of aliphatic carboxylic acids is 2. The highest BCUT2D eigenvalue weighted by molar-refractivity contribution is 7.99. The summed E-state index contributed by atoms with van der Waals surface area (Å²) in [5.74, 6) is -0.538. The van der Waals surface area contributed by atoms with Crippen molar-refractivity contribution >= 4 is 41.2 Å². The quantitative estimate of drug-likeness (QED) is 0.182. The highest BCUT2D eigenvalue weighted by Gasteiger charge is 2.42. The molecule has 0 saturated heterocycles. The van der Waals surface area contributed by atoms with Crippen LogP contribution in [0.15, 0.2) is 52.9 Å². The minimum atomic E-state index is -1.21. The van der Waals surface area contributed by atoms with Crippen molar-refractivity contribution in [1.29, 1.82) is 5.26 Å². The Labute approximate surface area is 203 Å².